The average Bonchev–Trinajstić information content (AvgIpc) is 3.38. The Hall–Kier alpha value is -2.99. The van der Waals surface area contributed by atoms with Crippen LogP contribution in [0.3, 0.4) is 0 Å². The van der Waals surface area contributed by atoms with Crippen LogP contribution < -0.4 is 10.1 Å². The molecule has 0 fully saturated rings. The van der Waals surface area contributed by atoms with Gasteiger partial charge in [-0.2, -0.15) is 0 Å². The Bertz CT molecular complexity index is 1310. The smallest absolute Gasteiger partial charge is 0.341 e. The fraction of sp³-hybridized carbons (Fsp3) is 0.440. The molecule has 0 aliphatic heterocycles. The van der Waals surface area contributed by atoms with Crippen LogP contribution in [0.1, 0.15) is 59.9 Å². The van der Waals surface area contributed by atoms with Crippen LogP contribution in [-0.2, 0) is 29.4 Å². The number of aromatic nitrogens is 3. The van der Waals surface area contributed by atoms with Gasteiger partial charge in [-0.25, -0.2) is 13.6 Å². The van der Waals surface area contributed by atoms with Crippen LogP contribution in [0.2, 0.25) is 0 Å². The molecule has 1 aliphatic carbocycles. The SMILES string of the molecule is CCOC(=O)c1c(NC(=O)CSc2nnc([C@H](C)Oc3ccc(F)cc3F)n2C)sc2c1CC[C@H](C)C2. The van der Waals surface area contributed by atoms with E-state index in [0.29, 0.717) is 27.5 Å². The Morgan fingerprint density at radius 1 is 1.32 bits per heavy atom. The molecule has 2 heterocycles. The van der Waals surface area contributed by atoms with Gasteiger partial charge in [0.1, 0.15) is 10.8 Å². The van der Waals surface area contributed by atoms with Crippen molar-refractivity contribution in [3.8, 4) is 5.75 Å². The number of fused-ring (bicyclic) bond motifs is 1. The van der Waals surface area contributed by atoms with E-state index in [4.69, 9.17) is 9.47 Å². The predicted molar refractivity (Wildman–Crippen MR) is 137 cm³/mol. The van der Waals surface area contributed by atoms with Gasteiger partial charge in [0, 0.05) is 18.0 Å². The van der Waals surface area contributed by atoms with Crippen LogP contribution >= 0.6 is 23.1 Å². The van der Waals surface area contributed by atoms with Crippen molar-refractivity contribution in [2.45, 2.75) is 51.3 Å². The minimum Gasteiger partial charge on any atom is -0.480 e. The molecule has 1 aromatic carbocycles. The molecule has 198 valence electrons. The van der Waals surface area contributed by atoms with Crippen LogP contribution in [0.5, 0.6) is 5.75 Å². The number of amides is 1. The molecular weight excluding hydrogens is 522 g/mol. The van der Waals surface area contributed by atoms with Crippen molar-refractivity contribution < 1.29 is 27.8 Å². The van der Waals surface area contributed by atoms with E-state index >= 15 is 0 Å². The highest BCUT2D eigenvalue weighted by Crippen LogP contribution is 2.40. The molecule has 0 radical (unpaired) electrons. The maximum absolute atomic E-state index is 14.0. The zero-order valence-electron chi connectivity index (χ0n) is 21.0. The number of hydrogen-bond donors (Lipinski definition) is 1. The molecule has 0 unspecified atom stereocenters. The van der Waals surface area contributed by atoms with Crippen molar-refractivity contribution in [2.24, 2.45) is 13.0 Å². The summed E-state index contributed by atoms with van der Waals surface area (Å²) in [6, 6.07) is 3.07. The largest absolute Gasteiger partial charge is 0.480 e. The number of carbonyl (C=O) groups excluding carboxylic acids is 2. The molecule has 0 bridgehead atoms. The quantitative estimate of drug-likeness (QED) is 0.284. The molecule has 2 aromatic heterocycles. The highest BCUT2D eigenvalue weighted by atomic mass is 32.2. The number of benzene rings is 1. The van der Waals surface area contributed by atoms with E-state index in [1.165, 1.54) is 29.2 Å². The summed E-state index contributed by atoms with van der Waals surface area (Å²) in [5, 5.41) is 12.1. The Morgan fingerprint density at radius 3 is 2.84 bits per heavy atom. The molecular formula is C25H28F2N4O4S2. The molecule has 8 nitrogen and oxygen atoms in total. The van der Waals surface area contributed by atoms with E-state index in [9.17, 15) is 18.4 Å². The molecule has 2 atom stereocenters. The monoisotopic (exact) mass is 550 g/mol. The third-order valence-electron chi connectivity index (χ3n) is 6.01. The number of ether oxygens (including phenoxy) is 2. The van der Waals surface area contributed by atoms with E-state index in [-0.39, 0.29) is 24.0 Å². The molecule has 1 aliphatic rings. The van der Waals surface area contributed by atoms with E-state index in [1.54, 1.807) is 25.5 Å². The van der Waals surface area contributed by atoms with Gasteiger partial charge in [0.25, 0.3) is 0 Å². The topological polar surface area (TPSA) is 95.3 Å². The summed E-state index contributed by atoms with van der Waals surface area (Å²) in [6.07, 6.45) is 1.98. The predicted octanol–water partition coefficient (Wildman–Crippen LogP) is 5.33. The molecule has 4 rings (SSSR count). The van der Waals surface area contributed by atoms with Crippen molar-refractivity contribution in [1.82, 2.24) is 14.8 Å². The first-order valence-corrected chi connectivity index (χ1v) is 13.7. The summed E-state index contributed by atoms with van der Waals surface area (Å²) in [7, 11) is 1.71. The van der Waals surface area contributed by atoms with Crippen molar-refractivity contribution >= 4 is 40.0 Å². The lowest BCUT2D eigenvalue weighted by molar-refractivity contribution is -0.113. The van der Waals surface area contributed by atoms with Crippen molar-refractivity contribution in [3.63, 3.8) is 0 Å². The maximum Gasteiger partial charge on any atom is 0.341 e. The Labute approximate surface area is 221 Å². The van der Waals surface area contributed by atoms with Crippen LogP contribution in [-0.4, -0.2) is 39.0 Å². The van der Waals surface area contributed by atoms with Crippen LogP contribution in [0.15, 0.2) is 23.4 Å². The number of thioether (sulfide) groups is 1. The highest BCUT2D eigenvalue weighted by molar-refractivity contribution is 7.99. The van der Waals surface area contributed by atoms with E-state index in [2.05, 4.69) is 22.4 Å². The van der Waals surface area contributed by atoms with Crippen LogP contribution in [0, 0.1) is 17.6 Å². The number of halogens is 2. The molecule has 0 spiro atoms. The first-order valence-electron chi connectivity index (χ1n) is 11.9. The fourth-order valence-corrected chi connectivity index (χ4v) is 6.30. The summed E-state index contributed by atoms with van der Waals surface area (Å²) >= 11 is 2.61. The lowest BCUT2D eigenvalue weighted by Gasteiger charge is -2.18. The molecule has 37 heavy (non-hydrogen) atoms. The second-order valence-corrected chi connectivity index (χ2v) is 10.9. The number of rotatable bonds is 9. The van der Waals surface area contributed by atoms with Crippen molar-refractivity contribution in [2.75, 3.05) is 17.7 Å². The number of nitrogens with one attached hydrogen (secondary N) is 1. The van der Waals surface area contributed by atoms with Crippen molar-refractivity contribution in [1.29, 1.82) is 0 Å². The Morgan fingerprint density at radius 2 is 2.11 bits per heavy atom. The maximum atomic E-state index is 14.0. The van der Waals surface area contributed by atoms with Gasteiger partial charge in [-0.1, -0.05) is 18.7 Å². The van der Waals surface area contributed by atoms with Gasteiger partial charge in [-0.3, -0.25) is 4.79 Å². The van der Waals surface area contributed by atoms with E-state index in [1.807, 2.05) is 0 Å². The summed E-state index contributed by atoms with van der Waals surface area (Å²) < 4.78 is 39.6. The van der Waals surface area contributed by atoms with E-state index in [0.717, 1.165) is 41.8 Å². The van der Waals surface area contributed by atoms with Gasteiger partial charge >= 0.3 is 5.97 Å². The molecule has 0 saturated carbocycles. The number of esters is 1. The van der Waals surface area contributed by atoms with Gasteiger partial charge in [-0.05, 0) is 56.7 Å². The van der Waals surface area contributed by atoms with Gasteiger partial charge in [0.15, 0.2) is 28.7 Å². The minimum absolute atomic E-state index is 0.0367. The summed E-state index contributed by atoms with van der Waals surface area (Å²) in [4.78, 5) is 26.6. The average molecular weight is 551 g/mol. The molecule has 12 heteroatoms. The molecule has 1 N–H and O–H groups in total. The normalized spacial score (nSPS) is 15.7. The van der Waals surface area contributed by atoms with Gasteiger partial charge in [0.05, 0.1) is 17.9 Å². The third-order valence-corrected chi connectivity index (χ3v) is 8.20. The van der Waals surface area contributed by atoms with Gasteiger partial charge in [0.2, 0.25) is 5.91 Å². The summed E-state index contributed by atoms with van der Waals surface area (Å²) in [5.41, 5.74) is 1.45. The second kappa shape index (κ2) is 11.6. The number of thiophene rings is 1. The van der Waals surface area contributed by atoms with Crippen LogP contribution in [0.4, 0.5) is 13.8 Å². The zero-order valence-corrected chi connectivity index (χ0v) is 22.6. The third kappa shape index (κ3) is 6.12. The first-order chi connectivity index (χ1) is 17.7. The van der Waals surface area contributed by atoms with Gasteiger partial charge < -0.3 is 19.4 Å². The molecule has 0 saturated heterocycles. The number of hydrogen-bond acceptors (Lipinski definition) is 8. The summed E-state index contributed by atoms with van der Waals surface area (Å²) in [6.45, 7) is 5.86. The number of carbonyl (C=O) groups is 2. The standard InChI is InChI=1S/C25H28F2N4O4S2/c1-5-34-24(33)21-16-8-6-13(2)10-19(16)37-23(21)28-20(32)12-36-25-30-29-22(31(25)4)14(3)35-18-9-7-15(26)11-17(18)27/h7,9,11,13-14H,5-6,8,10,12H2,1-4H3,(H,28,32)/t13-,14-/m0/s1. The van der Waals surface area contributed by atoms with E-state index < -0.39 is 23.7 Å². The molecule has 1 amide bonds. The number of nitrogens with zero attached hydrogens (tertiary/aromatic N) is 3. The number of anilines is 1. The first kappa shape index (κ1) is 27.1. The lowest BCUT2D eigenvalue weighted by atomic mass is 9.88. The molecule has 3 aromatic rings. The minimum atomic E-state index is -0.813. The highest BCUT2D eigenvalue weighted by Gasteiger charge is 2.29. The van der Waals surface area contributed by atoms with Crippen LogP contribution in [0.25, 0.3) is 0 Å². The fourth-order valence-electron chi connectivity index (χ4n) is 4.17. The van der Waals surface area contributed by atoms with Gasteiger partial charge in [-0.15, -0.1) is 21.5 Å². The zero-order chi connectivity index (χ0) is 26.7. The Kier molecular flexibility index (Phi) is 8.48. The second-order valence-electron chi connectivity index (χ2n) is 8.85. The van der Waals surface area contributed by atoms with Crippen molar-refractivity contribution in [3.05, 3.63) is 51.7 Å². The Balaban J connectivity index is 1.42. The summed E-state index contributed by atoms with van der Waals surface area (Å²) in [5.74, 6) is -1.34. The lowest BCUT2D eigenvalue weighted by Crippen LogP contribution is -2.18.